The Morgan fingerprint density at radius 3 is 2.62 bits per heavy atom. The molecule has 110 valence electrons. The number of aryl methyl sites for hydroxylation is 4. The molecule has 1 aromatic carbocycles. The van der Waals surface area contributed by atoms with Crippen LogP contribution in [0.3, 0.4) is 0 Å². The molecule has 0 bridgehead atoms. The molecule has 0 aliphatic heterocycles. The first-order valence-electron chi connectivity index (χ1n) is 6.91. The van der Waals surface area contributed by atoms with E-state index in [9.17, 15) is 9.59 Å². The van der Waals surface area contributed by atoms with Crippen LogP contribution < -0.4 is 10.9 Å². The van der Waals surface area contributed by atoms with Crippen LogP contribution in [-0.4, -0.2) is 15.9 Å². The number of nitrogens with zero attached hydrogens (tertiary/aromatic N) is 1. The van der Waals surface area contributed by atoms with Crippen molar-refractivity contribution in [2.24, 2.45) is 0 Å². The van der Waals surface area contributed by atoms with Gasteiger partial charge in [0.25, 0.3) is 11.5 Å². The summed E-state index contributed by atoms with van der Waals surface area (Å²) in [6, 6.07) is 5.85. The van der Waals surface area contributed by atoms with Gasteiger partial charge >= 0.3 is 0 Å². The van der Waals surface area contributed by atoms with Gasteiger partial charge < -0.3 is 10.3 Å². The fraction of sp³-hybridized carbons (Fsp3) is 0.312. The molecule has 0 saturated carbocycles. The molecule has 1 aromatic heterocycles. The van der Waals surface area contributed by atoms with E-state index in [0.29, 0.717) is 11.5 Å². The number of aromatic nitrogens is 2. The van der Waals surface area contributed by atoms with E-state index in [1.165, 1.54) is 0 Å². The summed E-state index contributed by atoms with van der Waals surface area (Å²) in [5, 5.41) is 2.85. The van der Waals surface area contributed by atoms with Crippen molar-refractivity contribution in [2.45, 2.75) is 34.1 Å². The van der Waals surface area contributed by atoms with E-state index in [4.69, 9.17) is 0 Å². The molecule has 0 radical (unpaired) electrons. The smallest absolute Gasteiger partial charge is 0.264 e. The van der Waals surface area contributed by atoms with E-state index < -0.39 is 11.5 Å². The molecule has 0 saturated heterocycles. The van der Waals surface area contributed by atoms with Crippen molar-refractivity contribution in [1.82, 2.24) is 9.97 Å². The molecular weight excluding hydrogens is 266 g/mol. The highest BCUT2D eigenvalue weighted by Gasteiger charge is 2.17. The minimum absolute atomic E-state index is 0.0610. The second kappa shape index (κ2) is 5.91. The molecule has 2 N–H and O–H groups in total. The molecule has 0 atom stereocenters. The molecule has 21 heavy (non-hydrogen) atoms. The first-order chi connectivity index (χ1) is 9.93. The third-order valence-corrected chi connectivity index (χ3v) is 3.42. The van der Waals surface area contributed by atoms with Crippen molar-refractivity contribution in [3.63, 3.8) is 0 Å². The van der Waals surface area contributed by atoms with Gasteiger partial charge in [-0.25, -0.2) is 4.98 Å². The summed E-state index contributed by atoms with van der Waals surface area (Å²) in [6.45, 7) is 7.30. The summed E-state index contributed by atoms with van der Waals surface area (Å²) in [4.78, 5) is 31.1. The average Bonchev–Trinajstić information content (AvgIpc) is 2.39. The van der Waals surface area contributed by atoms with Crippen molar-refractivity contribution < 1.29 is 4.79 Å². The lowest BCUT2D eigenvalue weighted by atomic mass is 10.1. The Labute approximate surface area is 123 Å². The summed E-state index contributed by atoms with van der Waals surface area (Å²) in [5.41, 5.74) is 2.86. The van der Waals surface area contributed by atoms with Crippen LogP contribution in [0.4, 0.5) is 5.69 Å². The molecule has 0 unspecified atom stereocenters. The SMILES string of the molecule is CCc1cccc(C)c1NC(=O)c1c(C)nc(C)[nH]c1=O. The van der Waals surface area contributed by atoms with Crippen LogP contribution >= 0.6 is 0 Å². The number of carbonyl (C=O) groups is 1. The number of aromatic amines is 1. The number of hydrogen-bond donors (Lipinski definition) is 2. The molecule has 0 fully saturated rings. The molecule has 2 aromatic rings. The number of amides is 1. The fourth-order valence-corrected chi connectivity index (χ4v) is 2.37. The Bertz CT molecular complexity index is 748. The average molecular weight is 285 g/mol. The molecule has 2 rings (SSSR count). The number of hydrogen-bond acceptors (Lipinski definition) is 3. The van der Waals surface area contributed by atoms with Crippen LogP contribution in [-0.2, 0) is 6.42 Å². The summed E-state index contributed by atoms with van der Waals surface area (Å²) in [6.07, 6.45) is 0.804. The summed E-state index contributed by atoms with van der Waals surface area (Å²) in [5.74, 6) is 0.0736. The number of rotatable bonds is 3. The lowest BCUT2D eigenvalue weighted by molar-refractivity contribution is 0.102. The van der Waals surface area contributed by atoms with Gasteiger partial charge in [-0.15, -0.1) is 0 Å². The highest BCUT2D eigenvalue weighted by molar-refractivity contribution is 6.05. The fourth-order valence-electron chi connectivity index (χ4n) is 2.37. The van der Waals surface area contributed by atoms with Crippen LogP contribution in [0.1, 0.15) is 39.9 Å². The molecule has 0 aliphatic carbocycles. The monoisotopic (exact) mass is 285 g/mol. The maximum absolute atomic E-state index is 12.4. The third-order valence-electron chi connectivity index (χ3n) is 3.42. The first-order valence-corrected chi connectivity index (χ1v) is 6.91. The zero-order valence-electron chi connectivity index (χ0n) is 12.7. The lowest BCUT2D eigenvalue weighted by Gasteiger charge is -2.13. The van der Waals surface area contributed by atoms with Gasteiger partial charge in [-0.1, -0.05) is 25.1 Å². The van der Waals surface area contributed by atoms with Crippen LogP contribution in [0.5, 0.6) is 0 Å². The van der Waals surface area contributed by atoms with Crippen molar-refractivity contribution >= 4 is 11.6 Å². The van der Waals surface area contributed by atoms with Crippen LogP contribution in [0.2, 0.25) is 0 Å². The van der Waals surface area contributed by atoms with E-state index in [-0.39, 0.29) is 5.56 Å². The number of carbonyl (C=O) groups excluding carboxylic acids is 1. The molecule has 0 spiro atoms. The van der Waals surface area contributed by atoms with Crippen molar-refractivity contribution in [3.8, 4) is 0 Å². The highest BCUT2D eigenvalue weighted by atomic mass is 16.2. The van der Waals surface area contributed by atoms with E-state index in [1.54, 1.807) is 13.8 Å². The Hall–Kier alpha value is -2.43. The van der Waals surface area contributed by atoms with Gasteiger partial charge in [0.05, 0.1) is 5.69 Å². The van der Waals surface area contributed by atoms with Crippen molar-refractivity contribution in [2.75, 3.05) is 5.32 Å². The van der Waals surface area contributed by atoms with Gasteiger partial charge in [0.15, 0.2) is 0 Å². The number of H-pyrrole nitrogens is 1. The van der Waals surface area contributed by atoms with Crippen molar-refractivity contribution in [3.05, 3.63) is 56.8 Å². The Kier molecular flexibility index (Phi) is 4.21. The lowest BCUT2D eigenvalue weighted by Crippen LogP contribution is -2.27. The standard InChI is InChI=1S/C16H19N3O2/c1-5-12-8-6-7-9(2)14(12)19-16(21)13-10(3)17-11(4)18-15(13)20/h6-8H,5H2,1-4H3,(H,19,21)(H,17,18,20). The summed E-state index contributed by atoms with van der Waals surface area (Å²) < 4.78 is 0. The third kappa shape index (κ3) is 3.02. The number of nitrogens with one attached hydrogen (secondary N) is 2. The highest BCUT2D eigenvalue weighted by Crippen LogP contribution is 2.21. The van der Waals surface area contributed by atoms with E-state index in [2.05, 4.69) is 15.3 Å². The largest absolute Gasteiger partial charge is 0.321 e. The maximum atomic E-state index is 12.4. The normalized spacial score (nSPS) is 10.5. The predicted octanol–water partition coefficient (Wildman–Crippen LogP) is 2.51. The molecule has 1 amide bonds. The second-order valence-electron chi connectivity index (χ2n) is 5.03. The second-order valence-corrected chi connectivity index (χ2v) is 5.03. The van der Waals surface area contributed by atoms with Gasteiger partial charge in [-0.05, 0) is 38.3 Å². The first kappa shape index (κ1) is 15.0. The van der Waals surface area contributed by atoms with Crippen LogP contribution in [0.15, 0.2) is 23.0 Å². The quantitative estimate of drug-likeness (QED) is 0.910. The minimum Gasteiger partial charge on any atom is -0.321 e. The van der Waals surface area contributed by atoms with E-state index >= 15 is 0 Å². The molecule has 1 heterocycles. The maximum Gasteiger partial charge on any atom is 0.264 e. The summed E-state index contributed by atoms with van der Waals surface area (Å²) in [7, 11) is 0. The molecule has 5 nitrogen and oxygen atoms in total. The van der Waals surface area contributed by atoms with Gasteiger partial charge in [-0.3, -0.25) is 9.59 Å². The zero-order valence-corrected chi connectivity index (χ0v) is 12.7. The van der Waals surface area contributed by atoms with Crippen LogP contribution in [0, 0.1) is 20.8 Å². The summed E-state index contributed by atoms with van der Waals surface area (Å²) >= 11 is 0. The van der Waals surface area contributed by atoms with Gasteiger partial charge in [0.1, 0.15) is 11.4 Å². The predicted molar refractivity (Wildman–Crippen MR) is 82.8 cm³/mol. The Morgan fingerprint density at radius 1 is 1.29 bits per heavy atom. The van der Waals surface area contributed by atoms with Crippen molar-refractivity contribution in [1.29, 1.82) is 0 Å². The van der Waals surface area contributed by atoms with E-state index in [0.717, 1.165) is 23.2 Å². The van der Waals surface area contributed by atoms with Crippen LogP contribution in [0.25, 0.3) is 0 Å². The minimum atomic E-state index is -0.426. The molecular formula is C16H19N3O2. The molecule has 5 heteroatoms. The van der Waals surface area contributed by atoms with Gasteiger partial charge in [0.2, 0.25) is 0 Å². The topological polar surface area (TPSA) is 74.8 Å². The van der Waals surface area contributed by atoms with Gasteiger partial charge in [0, 0.05) is 5.69 Å². The number of anilines is 1. The van der Waals surface area contributed by atoms with E-state index in [1.807, 2.05) is 32.0 Å². The Morgan fingerprint density at radius 2 is 2.00 bits per heavy atom. The Balaban J connectivity index is 2.42. The molecule has 0 aliphatic rings. The number of benzene rings is 1. The number of para-hydroxylation sites is 1. The zero-order chi connectivity index (χ0) is 15.6. The van der Waals surface area contributed by atoms with Gasteiger partial charge in [-0.2, -0.15) is 0 Å².